The van der Waals surface area contributed by atoms with Crippen LogP contribution in [0.3, 0.4) is 0 Å². The van der Waals surface area contributed by atoms with Crippen molar-refractivity contribution >= 4 is 0 Å². The van der Waals surface area contributed by atoms with Crippen LogP contribution in [-0.2, 0) is 4.74 Å². The lowest BCUT2D eigenvalue weighted by Crippen LogP contribution is -2.40. The number of hydrogen-bond donors (Lipinski definition) is 1. The summed E-state index contributed by atoms with van der Waals surface area (Å²) in [7, 11) is 1.81. The van der Waals surface area contributed by atoms with Crippen LogP contribution in [0.25, 0.3) is 0 Å². The number of methoxy groups -OCH3 is 1. The Balaban J connectivity index is 1.81. The van der Waals surface area contributed by atoms with Crippen molar-refractivity contribution in [2.45, 2.75) is 51.6 Å². The summed E-state index contributed by atoms with van der Waals surface area (Å²) in [6, 6.07) is 0.714. The highest BCUT2D eigenvalue weighted by Gasteiger charge is 2.39. The highest BCUT2D eigenvalue weighted by molar-refractivity contribution is 4.96. The third-order valence-corrected chi connectivity index (χ3v) is 4.94. The Labute approximate surface area is 112 Å². The summed E-state index contributed by atoms with van der Waals surface area (Å²) in [4.78, 5) is 2.62. The smallest absolute Gasteiger partial charge is 0.0641 e. The van der Waals surface area contributed by atoms with Crippen LogP contribution in [0.4, 0.5) is 0 Å². The lowest BCUT2D eigenvalue weighted by atomic mass is 9.80. The molecular formula is C15H30N2O. The van der Waals surface area contributed by atoms with Gasteiger partial charge in [0.05, 0.1) is 6.61 Å². The first-order chi connectivity index (χ1) is 8.54. The van der Waals surface area contributed by atoms with Crippen LogP contribution in [0.1, 0.15) is 40.0 Å². The zero-order valence-electron chi connectivity index (χ0n) is 12.5. The average Bonchev–Trinajstić information content (AvgIpc) is 2.72. The third-order valence-electron chi connectivity index (χ3n) is 4.94. The number of likely N-dealkylation sites (tertiary alicyclic amines) is 1. The van der Waals surface area contributed by atoms with Gasteiger partial charge in [-0.25, -0.2) is 0 Å². The SMILES string of the molecule is COCC1(C)CC(C2CCN(C(C)C)CC2)CN1. The van der Waals surface area contributed by atoms with E-state index in [1.807, 2.05) is 0 Å². The lowest BCUT2D eigenvalue weighted by Gasteiger charge is -2.37. The number of piperidine rings is 1. The Morgan fingerprint density at radius 1 is 1.28 bits per heavy atom. The van der Waals surface area contributed by atoms with E-state index in [-0.39, 0.29) is 5.54 Å². The zero-order valence-corrected chi connectivity index (χ0v) is 12.5. The molecule has 2 saturated heterocycles. The maximum Gasteiger partial charge on any atom is 0.0641 e. The van der Waals surface area contributed by atoms with E-state index < -0.39 is 0 Å². The van der Waals surface area contributed by atoms with Crippen molar-refractivity contribution in [3.8, 4) is 0 Å². The highest BCUT2D eigenvalue weighted by Crippen LogP contribution is 2.35. The molecule has 3 nitrogen and oxygen atoms in total. The fourth-order valence-electron chi connectivity index (χ4n) is 3.77. The fourth-order valence-corrected chi connectivity index (χ4v) is 3.77. The fraction of sp³-hybridized carbons (Fsp3) is 1.00. The van der Waals surface area contributed by atoms with Gasteiger partial charge in [-0.2, -0.15) is 0 Å². The normalized spacial score (nSPS) is 35.5. The van der Waals surface area contributed by atoms with Crippen LogP contribution < -0.4 is 5.32 Å². The number of nitrogens with zero attached hydrogens (tertiary/aromatic N) is 1. The van der Waals surface area contributed by atoms with E-state index in [2.05, 4.69) is 31.0 Å². The number of nitrogens with one attached hydrogen (secondary N) is 1. The minimum atomic E-state index is 0.217. The molecule has 2 rings (SSSR count). The second-order valence-electron chi connectivity index (χ2n) is 6.81. The maximum absolute atomic E-state index is 5.34. The van der Waals surface area contributed by atoms with Crippen LogP contribution in [0.2, 0.25) is 0 Å². The van der Waals surface area contributed by atoms with Gasteiger partial charge >= 0.3 is 0 Å². The molecule has 0 aromatic heterocycles. The van der Waals surface area contributed by atoms with E-state index in [0.717, 1.165) is 18.4 Å². The highest BCUT2D eigenvalue weighted by atomic mass is 16.5. The van der Waals surface area contributed by atoms with E-state index in [4.69, 9.17) is 4.74 Å². The molecule has 1 N–H and O–H groups in total. The Hall–Kier alpha value is -0.120. The summed E-state index contributed by atoms with van der Waals surface area (Å²) in [5.41, 5.74) is 0.217. The Kier molecular flexibility index (Phi) is 4.68. The third kappa shape index (κ3) is 3.25. The van der Waals surface area contributed by atoms with Gasteiger partial charge in [-0.15, -0.1) is 0 Å². The van der Waals surface area contributed by atoms with E-state index in [1.54, 1.807) is 7.11 Å². The summed E-state index contributed by atoms with van der Waals surface area (Å²) >= 11 is 0. The first kappa shape index (κ1) is 14.3. The van der Waals surface area contributed by atoms with Gasteiger partial charge < -0.3 is 15.0 Å². The summed E-state index contributed by atoms with van der Waals surface area (Å²) in [6.07, 6.45) is 4.05. The quantitative estimate of drug-likeness (QED) is 0.832. The molecule has 2 fully saturated rings. The number of hydrogen-bond acceptors (Lipinski definition) is 3. The van der Waals surface area contributed by atoms with Gasteiger partial charge in [-0.1, -0.05) is 0 Å². The molecule has 0 radical (unpaired) electrons. The second-order valence-corrected chi connectivity index (χ2v) is 6.81. The monoisotopic (exact) mass is 254 g/mol. The molecule has 3 heteroatoms. The number of rotatable bonds is 4. The molecule has 0 saturated carbocycles. The summed E-state index contributed by atoms with van der Waals surface area (Å²) in [5, 5.41) is 3.68. The van der Waals surface area contributed by atoms with Crippen LogP contribution in [-0.4, -0.2) is 49.8 Å². The summed E-state index contributed by atoms with van der Waals surface area (Å²) in [6.45, 7) is 11.5. The molecule has 2 aliphatic heterocycles. The van der Waals surface area contributed by atoms with Crippen molar-refractivity contribution in [1.29, 1.82) is 0 Å². The second kappa shape index (κ2) is 5.89. The average molecular weight is 254 g/mol. The number of ether oxygens (including phenoxy) is 1. The van der Waals surface area contributed by atoms with E-state index in [0.29, 0.717) is 6.04 Å². The Morgan fingerprint density at radius 3 is 2.50 bits per heavy atom. The molecule has 2 aliphatic rings. The minimum absolute atomic E-state index is 0.217. The Morgan fingerprint density at radius 2 is 1.94 bits per heavy atom. The van der Waals surface area contributed by atoms with Crippen molar-refractivity contribution in [2.75, 3.05) is 33.4 Å². The van der Waals surface area contributed by atoms with Gasteiger partial charge in [-0.05, 0) is 71.5 Å². The summed E-state index contributed by atoms with van der Waals surface area (Å²) < 4.78 is 5.34. The molecule has 0 amide bonds. The van der Waals surface area contributed by atoms with Gasteiger partial charge in [-0.3, -0.25) is 0 Å². The van der Waals surface area contributed by atoms with Crippen molar-refractivity contribution in [1.82, 2.24) is 10.2 Å². The molecule has 2 heterocycles. The van der Waals surface area contributed by atoms with Crippen LogP contribution in [0.5, 0.6) is 0 Å². The van der Waals surface area contributed by atoms with Gasteiger partial charge in [0.25, 0.3) is 0 Å². The van der Waals surface area contributed by atoms with Crippen molar-refractivity contribution < 1.29 is 4.74 Å². The van der Waals surface area contributed by atoms with Crippen molar-refractivity contribution in [3.05, 3.63) is 0 Å². The molecule has 18 heavy (non-hydrogen) atoms. The van der Waals surface area contributed by atoms with Gasteiger partial charge in [0.1, 0.15) is 0 Å². The molecule has 2 unspecified atom stereocenters. The van der Waals surface area contributed by atoms with E-state index in [9.17, 15) is 0 Å². The van der Waals surface area contributed by atoms with Crippen LogP contribution >= 0.6 is 0 Å². The molecule has 0 aromatic rings. The first-order valence-corrected chi connectivity index (χ1v) is 7.52. The van der Waals surface area contributed by atoms with E-state index in [1.165, 1.54) is 38.9 Å². The minimum Gasteiger partial charge on any atom is -0.383 e. The van der Waals surface area contributed by atoms with E-state index >= 15 is 0 Å². The standard InChI is InChI=1S/C15H30N2O/c1-12(2)17-7-5-13(6-8-17)14-9-15(3,11-18-4)16-10-14/h12-14,16H,5-11H2,1-4H3. The van der Waals surface area contributed by atoms with Crippen molar-refractivity contribution in [3.63, 3.8) is 0 Å². The predicted octanol–water partition coefficient (Wildman–Crippen LogP) is 2.12. The topological polar surface area (TPSA) is 24.5 Å². The summed E-state index contributed by atoms with van der Waals surface area (Å²) in [5.74, 6) is 1.78. The first-order valence-electron chi connectivity index (χ1n) is 7.52. The predicted molar refractivity (Wildman–Crippen MR) is 75.8 cm³/mol. The molecule has 2 atom stereocenters. The zero-order chi connectivity index (χ0) is 13.2. The molecule has 0 spiro atoms. The largest absolute Gasteiger partial charge is 0.383 e. The van der Waals surface area contributed by atoms with Crippen molar-refractivity contribution in [2.24, 2.45) is 11.8 Å². The molecule has 0 bridgehead atoms. The molecule has 0 aliphatic carbocycles. The molecular weight excluding hydrogens is 224 g/mol. The maximum atomic E-state index is 5.34. The van der Waals surface area contributed by atoms with Crippen LogP contribution in [0.15, 0.2) is 0 Å². The van der Waals surface area contributed by atoms with Gasteiger partial charge in [0.15, 0.2) is 0 Å². The molecule has 106 valence electrons. The lowest BCUT2D eigenvalue weighted by molar-refractivity contribution is 0.109. The van der Waals surface area contributed by atoms with Gasteiger partial charge in [0, 0.05) is 18.7 Å². The molecule has 0 aromatic carbocycles. The van der Waals surface area contributed by atoms with Crippen LogP contribution in [0, 0.1) is 11.8 Å². The Bertz CT molecular complexity index is 261. The van der Waals surface area contributed by atoms with Gasteiger partial charge in [0.2, 0.25) is 0 Å².